The maximum absolute atomic E-state index is 11.5. The van der Waals surface area contributed by atoms with Gasteiger partial charge in [0.25, 0.3) is 0 Å². The Bertz CT molecular complexity index is 204. The summed E-state index contributed by atoms with van der Waals surface area (Å²) in [4.78, 5) is 23.9. The average Bonchev–Trinajstić information content (AvgIpc) is 2.15. The molecule has 0 rings (SSSR count). The number of nitrogens with zero attached hydrogens (tertiary/aromatic N) is 1. The predicted molar refractivity (Wildman–Crippen MR) is 52.5 cm³/mol. The van der Waals surface area contributed by atoms with E-state index in [0.29, 0.717) is 6.54 Å². The van der Waals surface area contributed by atoms with Crippen molar-refractivity contribution in [3.8, 4) is 0 Å². The molecule has 0 bridgehead atoms. The molecule has 5 heteroatoms. The van der Waals surface area contributed by atoms with E-state index in [2.05, 4.69) is 4.74 Å². The molecule has 0 aliphatic rings. The van der Waals surface area contributed by atoms with Gasteiger partial charge in [-0.15, -0.1) is 0 Å². The lowest BCUT2D eigenvalue weighted by Gasteiger charge is -2.22. The Morgan fingerprint density at radius 2 is 2.07 bits per heavy atom. The van der Waals surface area contributed by atoms with Crippen molar-refractivity contribution in [1.82, 2.24) is 4.90 Å². The van der Waals surface area contributed by atoms with Gasteiger partial charge in [0.1, 0.15) is 6.54 Å². The zero-order valence-corrected chi connectivity index (χ0v) is 8.95. The van der Waals surface area contributed by atoms with Crippen LogP contribution < -0.4 is 5.73 Å². The lowest BCUT2D eigenvalue weighted by atomic mass is 10.3. The normalized spacial score (nSPS) is 12.0. The number of hydrogen-bond donors (Lipinski definition) is 1. The van der Waals surface area contributed by atoms with Crippen LogP contribution in [-0.4, -0.2) is 43.0 Å². The zero-order valence-electron chi connectivity index (χ0n) is 8.95. The van der Waals surface area contributed by atoms with Crippen molar-refractivity contribution in [2.75, 3.05) is 20.2 Å². The molecule has 0 fully saturated rings. The lowest BCUT2D eigenvalue weighted by molar-refractivity contribution is -0.147. The molecule has 0 aliphatic carbocycles. The molecule has 0 aromatic heterocycles. The molecular formula is C9H18N2O3. The molecule has 0 saturated carbocycles. The first-order valence-corrected chi connectivity index (χ1v) is 4.64. The topological polar surface area (TPSA) is 72.6 Å². The van der Waals surface area contributed by atoms with Crippen LogP contribution in [0.3, 0.4) is 0 Å². The highest BCUT2D eigenvalue weighted by Crippen LogP contribution is 1.96. The number of hydrogen-bond acceptors (Lipinski definition) is 4. The highest BCUT2D eigenvalue weighted by molar-refractivity contribution is 5.85. The van der Waals surface area contributed by atoms with Crippen molar-refractivity contribution in [3.63, 3.8) is 0 Å². The Kier molecular flexibility index (Phi) is 5.87. The largest absolute Gasteiger partial charge is 0.468 e. The van der Waals surface area contributed by atoms with Crippen LogP contribution >= 0.6 is 0 Å². The Balaban J connectivity index is 4.28. The summed E-state index contributed by atoms with van der Waals surface area (Å²) in [6.45, 7) is 4.03. The summed E-state index contributed by atoms with van der Waals surface area (Å²) in [6, 6.07) is -0.578. The minimum absolute atomic E-state index is 0.0231. The predicted octanol–water partition coefficient (Wildman–Crippen LogP) is -0.255. The summed E-state index contributed by atoms with van der Waals surface area (Å²) in [6.07, 6.45) is 0.787. The van der Waals surface area contributed by atoms with Gasteiger partial charge >= 0.3 is 5.97 Å². The summed E-state index contributed by atoms with van der Waals surface area (Å²) in [7, 11) is 1.29. The fourth-order valence-corrected chi connectivity index (χ4v) is 1.05. The van der Waals surface area contributed by atoms with Gasteiger partial charge < -0.3 is 15.4 Å². The summed E-state index contributed by atoms with van der Waals surface area (Å²) < 4.78 is 4.48. The maximum atomic E-state index is 11.5. The first-order chi connectivity index (χ1) is 6.52. The molecule has 1 atom stereocenters. The van der Waals surface area contributed by atoms with Crippen LogP contribution in [0.4, 0.5) is 0 Å². The van der Waals surface area contributed by atoms with Crippen LogP contribution in [0.5, 0.6) is 0 Å². The van der Waals surface area contributed by atoms with Crippen LogP contribution in [0.25, 0.3) is 0 Å². The van der Waals surface area contributed by atoms with E-state index < -0.39 is 12.0 Å². The van der Waals surface area contributed by atoms with Gasteiger partial charge in [0.2, 0.25) is 5.91 Å². The monoisotopic (exact) mass is 202 g/mol. The second-order valence-electron chi connectivity index (χ2n) is 3.12. The molecule has 0 aromatic carbocycles. The summed E-state index contributed by atoms with van der Waals surface area (Å²) in [5.74, 6) is -0.648. The first-order valence-electron chi connectivity index (χ1n) is 4.64. The number of rotatable bonds is 5. The molecule has 0 heterocycles. The van der Waals surface area contributed by atoms with Crippen molar-refractivity contribution in [3.05, 3.63) is 0 Å². The highest BCUT2D eigenvalue weighted by atomic mass is 16.5. The molecule has 14 heavy (non-hydrogen) atoms. The van der Waals surface area contributed by atoms with Crippen LogP contribution in [0.2, 0.25) is 0 Å². The molecule has 0 radical (unpaired) electrons. The lowest BCUT2D eigenvalue weighted by Crippen LogP contribution is -2.45. The number of esters is 1. The summed E-state index contributed by atoms with van der Waals surface area (Å²) in [5.41, 5.74) is 5.44. The fraction of sp³-hybridized carbons (Fsp3) is 0.778. The molecule has 0 spiro atoms. The number of methoxy groups -OCH3 is 1. The van der Waals surface area contributed by atoms with Crippen LogP contribution in [0.1, 0.15) is 20.3 Å². The van der Waals surface area contributed by atoms with Crippen molar-refractivity contribution in [1.29, 1.82) is 0 Å². The highest BCUT2D eigenvalue weighted by Gasteiger charge is 2.19. The Morgan fingerprint density at radius 1 is 1.50 bits per heavy atom. The Morgan fingerprint density at radius 3 is 2.43 bits per heavy atom. The van der Waals surface area contributed by atoms with Gasteiger partial charge in [-0.3, -0.25) is 9.59 Å². The van der Waals surface area contributed by atoms with Crippen molar-refractivity contribution >= 4 is 11.9 Å². The zero-order chi connectivity index (χ0) is 11.1. The van der Waals surface area contributed by atoms with Gasteiger partial charge in [0.15, 0.2) is 0 Å². The van der Waals surface area contributed by atoms with E-state index in [1.54, 1.807) is 6.92 Å². The number of carbonyl (C=O) groups excluding carboxylic acids is 2. The molecule has 0 aliphatic heterocycles. The third-order valence-corrected chi connectivity index (χ3v) is 1.74. The maximum Gasteiger partial charge on any atom is 0.325 e. The molecule has 2 N–H and O–H groups in total. The summed E-state index contributed by atoms with van der Waals surface area (Å²) >= 11 is 0. The van der Waals surface area contributed by atoms with E-state index in [1.807, 2.05) is 6.92 Å². The Hall–Kier alpha value is -1.10. The van der Waals surface area contributed by atoms with Gasteiger partial charge in [0, 0.05) is 6.54 Å². The summed E-state index contributed by atoms with van der Waals surface area (Å²) in [5, 5.41) is 0. The molecule has 5 nitrogen and oxygen atoms in total. The molecule has 0 saturated heterocycles. The molecule has 1 amide bonds. The third kappa shape index (κ3) is 4.23. The minimum Gasteiger partial charge on any atom is -0.468 e. The van der Waals surface area contributed by atoms with Crippen LogP contribution in [0, 0.1) is 0 Å². The van der Waals surface area contributed by atoms with Crippen LogP contribution in [0.15, 0.2) is 0 Å². The van der Waals surface area contributed by atoms with Gasteiger partial charge in [-0.05, 0) is 13.3 Å². The third-order valence-electron chi connectivity index (χ3n) is 1.74. The van der Waals surface area contributed by atoms with E-state index in [-0.39, 0.29) is 12.5 Å². The Labute approximate surface area is 84.2 Å². The SMILES string of the molecule is CCCN(CC(=O)OC)C(=O)[C@@H](C)N. The second kappa shape index (κ2) is 6.37. The van der Waals surface area contributed by atoms with E-state index in [1.165, 1.54) is 12.0 Å². The standard InChI is InChI=1S/C9H18N2O3/c1-4-5-11(6-8(12)14-3)9(13)7(2)10/h7H,4-6,10H2,1-3H3/t7-/m1/s1. The number of ether oxygens (including phenoxy) is 1. The molecule has 82 valence electrons. The molecule has 0 aromatic rings. The smallest absolute Gasteiger partial charge is 0.325 e. The van der Waals surface area contributed by atoms with E-state index >= 15 is 0 Å². The number of carbonyl (C=O) groups is 2. The van der Waals surface area contributed by atoms with Crippen LogP contribution in [-0.2, 0) is 14.3 Å². The second-order valence-corrected chi connectivity index (χ2v) is 3.12. The van der Waals surface area contributed by atoms with E-state index in [9.17, 15) is 9.59 Å². The van der Waals surface area contributed by atoms with Gasteiger partial charge in [-0.2, -0.15) is 0 Å². The minimum atomic E-state index is -0.578. The van der Waals surface area contributed by atoms with E-state index in [0.717, 1.165) is 6.42 Å². The first kappa shape index (κ1) is 12.9. The van der Waals surface area contributed by atoms with Crippen molar-refractivity contribution < 1.29 is 14.3 Å². The van der Waals surface area contributed by atoms with E-state index in [4.69, 9.17) is 5.73 Å². The quantitative estimate of drug-likeness (QED) is 0.624. The van der Waals surface area contributed by atoms with Crippen molar-refractivity contribution in [2.24, 2.45) is 5.73 Å². The molecule has 0 unspecified atom stereocenters. The molecular weight excluding hydrogens is 184 g/mol. The number of amides is 1. The van der Waals surface area contributed by atoms with Crippen molar-refractivity contribution in [2.45, 2.75) is 26.3 Å². The van der Waals surface area contributed by atoms with Gasteiger partial charge in [-0.1, -0.05) is 6.92 Å². The van der Waals surface area contributed by atoms with Gasteiger partial charge in [0.05, 0.1) is 13.2 Å². The fourth-order valence-electron chi connectivity index (χ4n) is 1.05. The number of nitrogens with two attached hydrogens (primary N) is 1. The average molecular weight is 202 g/mol. The van der Waals surface area contributed by atoms with Gasteiger partial charge in [-0.25, -0.2) is 0 Å².